The van der Waals surface area contributed by atoms with E-state index in [-0.39, 0.29) is 6.03 Å². The molecule has 7 heteroatoms. The monoisotopic (exact) mass is 278 g/mol. The predicted octanol–water partition coefficient (Wildman–Crippen LogP) is 1.58. The number of rotatable bonds is 9. The second-order valence-electron chi connectivity index (χ2n) is 3.46. The summed E-state index contributed by atoms with van der Waals surface area (Å²) in [6, 6.07) is -0.206. The fraction of sp³-hybridized carbons (Fsp3) is 0.909. The van der Waals surface area contributed by atoms with Gasteiger partial charge in [-0.15, -0.1) is 0 Å². The van der Waals surface area contributed by atoms with E-state index in [1.54, 1.807) is 4.90 Å². The minimum atomic E-state index is -3.10. The molecule has 0 aromatic heterocycles. The summed E-state index contributed by atoms with van der Waals surface area (Å²) in [6.07, 6.45) is 0. The van der Waals surface area contributed by atoms with E-state index < -0.39 is 8.97 Å². The van der Waals surface area contributed by atoms with Crippen molar-refractivity contribution in [2.45, 2.75) is 34.6 Å². The van der Waals surface area contributed by atoms with E-state index in [0.29, 0.717) is 32.9 Å². The zero-order valence-corrected chi connectivity index (χ0v) is 13.1. The van der Waals surface area contributed by atoms with E-state index in [2.05, 4.69) is 4.98 Å². The van der Waals surface area contributed by atoms with Crippen molar-refractivity contribution < 1.29 is 18.1 Å². The van der Waals surface area contributed by atoms with Gasteiger partial charge in [0.25, 0.3) is 0 Å². The van der Waals surface area contributed by atoms with Gasteiger partial charge in [0.15, 0.2) is 0 Å². The van der Waals surface area contributed by atoms with Crippen LogP contribution >= 0.6 is 0 Å². The van der Waals surface area contributed by atoms with Gasteiger partial charge in [0, 0.05) is 32.9 Å². The van der Waals surface area contributed by atoms with Crippen molar-refractivity contribution in [1.82, 2.24) is 9.88 Å². The maximum absolute atomic E-state index is 12.1. The van der Waals surface area contributed by atoms with Gasteiger partial charge in [-0.05, 0) is 34.6 Å². The molecule has 0 atom stereocenters. The lowest BCUT2D eigenvalue weighted by Crippen LogP contribution is -2.63. The molecule has 0 aliphatic heterocycles. The average Bonchev–Trinajstić information content (AvgIpc) is 2.31. The number of amides is 2. The highest BCUT2D eigenvalue weighted by Crippen LogP contribution is 2.07. The molecule has 0 spiro atoms. The van der Waals surface area contributed by atoms with Crippen LogP contribution in [0.15, 0.2) is 0 Å². The van der Waals surface area contributed by atoms with Crippen LogP contribution < -0.4 is 4.98 Å². The van der Waals surface area contributed by atoms with Crippen LogP contribution in [0.2, 0.25) is 0 Å². The first kappa shape index (κ1) is 17.4. The molecule has 18 heavy (non-hydrogen) atoms. The van der Waals surface area contributed by atoms with Crippen LogP contribution in [-0.2, 0) is 13.3 Å². The molecule has 0 heterocycles. The number of carbonyl (C=O) groups excluding carboxylic acids is 1. The van der Waals surface area contributed by atoms with Crippen molar-refractivity contribution in [3.8, 4) is 0 Å². The molecule has 108 valence electrons. The summed E-state index contributed by atoms with van der Waals surface area (Å²) in [5.41, 5.74) is 0. The molecule has 0 aromatic carbocycles. The first-order valence-electron chi connectivity index (χ1n) is 6.57. The lowest BCUT2D eigenvalue weighted by atomic mass is 10.5. The van der Waals surface area contributed by atoms with Crippen LogP contribution in [0.25, 0.3) is 0 Å². The summed E-state index contributed by atoms with van der Waals surface area (Å²) >= 11 is 0. The van der Waals surface area contributed by atoms with Crippen molar-refractivity contribution in [1.29, 1.82) is 0 Å². The number of nitrogens with zero attached hydrogens (tertiary/aromatic N) is 1. The number of hydrogen-bond acceptors (Lipinski definition) is 4. The number of carbonyl (C=O) groups is 1. The number of nitrogens with one attached hydrogen (secondary N) is 1. The lowest BCUT2D eigenvalue weighted by Gasteiger charge is -2.30. The molecule has 0 aliphatic rings. The van der Waals surface area contributed by atoms with Crippen molar-refractivity contribution in [3.63, 3.8) is 0 Å². The van der Waals surface area contributed by atoms with Crippen LogP contribution in [0.3, 0.4) is 0 Å². The van der Waals surface area contributed by atoms with Crippen molar-refractivity contribution in [2.75, 3.05) is 32.9 Å². The van der Waals surface area contributed by atoms with Crippen LogP contribution in [0, 0.1) is 0 Å². The molecule has 0 bridgehead atoms. The Morgan fingerprint density at radius 1 is 0.944 bits per heavy atom. The fourth-order valence-electron chi connectivity index (χ4n) is 1.52. The van der Waals surface area contributed by atoms with Gasteiger partial charge in [0.05, 0.1) is 0 Å². The molecule has 0 radical (unpaired) electrons. The van der Waals surface area contributed by atoms with E-state index in [1.165, 1.54) is 0 Å². The molecule has 0 aliphatic carbocycles. The first-order valence-corrected chi connectivity index (χ1v) is 8.30. The molecule has 0 saturated heterocycles. The summed E-state index contributed by atoms with van der Waals surface area (Å²) in [6.45, 7) is 12.0. The van der Waals surface area contributed by atoms with E-state index in [1.807, 2.05) is 34.6 Å². The molecule has 0 unspecified atom stereocenters. The molecule has 0 fully saturated rings. The van der Waals surface area contributed by atoms with Gasteiger partial charge < -0.3 is 18.2 Å². The Morgan fingerprint density at radius 3 is 1.61 bits per heavy atom. The standard InChI is InChI=1S/C11H26N2O4Si/c1-6-13(7-2)11(14)12-18(15-8-3,16-9-4)17-10-5/h6-10H2,1-5H3,(H,12,14). The maximum atomic E-state index is 12.1. The van der Waals surface area contributed by atoms with Crippen LogP contribution in [-0.4, -0.2) is 52.8 Å². The molecule has 0 aromatic rings. The SMILES string of the molecule is CCO[Si](NC(=O)N(CC)CC)(OCC)OCC. The zero-order chi connectivity index (χ0) is 14.0. The molecule has 0 saturated carbocycles. The minimum Gasteiger partial charge on any atom is -0.357 e. The van der Waals surface area contributed by atoms with E-state index in [9.17, 15) is 4.79 Å². The van der Waals surface area contributed by atoms with Gasteiger partial charge in [-0.25, -0.2) is 4.79 Å². The Balaban J connectivity index is 4.77. The van der Waals surface area contributed by atoms with Gasteiger partial charge in [-0.3, -0.25) is 4.98 Å². The van der Waals surface area contributed by atoms with E-state index in [4.69, 9.17) is 13.3 Å². The Labute approximate surface area is 111 Å². The topological polar surface area (TPSA) is 60.0 Å². The highest BCUT2D eigenvalue weighted by molar-refractivity contribution is 6.60. The Bertz CT molecular complexity index is 220. The summed E-state index contributed by atoms with van der Waals surface area (Å²) in [4.78, 5) is 16.5. The van der Waals surface area contributed by atoms with E-state index in [0.717, 1.165) is 0 Å². The molecule has 2 amide bonds. The summed E-state index contributed by atoms with van der Waals surface area (Å²) in [5, 5.41) is 0. The smallest absolute Gasteiger partial charge is 0.357 e. The lowest BCUT2D eigenvalue weighted by molar-refractivity contribution is 0.0610. The van der Waals surface area contributed by atoms with Gasteiger partial charge in [-0.1, -0.05) is 0 Å². The van der Waals surface area contributed by atoms with Gasteiger partial charge in [0.1, 0.15) is 0 Å². The average molecular weight is 278 g/mol. The third-order valence-electron chi connectivity index (χ3n) is 2.31. The van der Waals surface area contributed by atoms with E-state index >= 15 is 0 Å². The third-order valence-corrected chi connectivity index (χ3v) is 4.84. The van der Waals surface area contributed by atoms with Gasteiger partial charge in [0.2, 0.25) is 0 Å². The largest absolute Gasteiger partial charge is 0.634 e. The molecular weight excluding hydrogens is 252 g/mol. The molecule has 6 nitrogen and oxygen atoms in total. The predicted molar refractivity (Wildman–Crippen MR) is 72.1 cm³/mol. The number of urea groups is 1. The first-order chi connectivity index (χ1) is 8.59. The third kappa shape index (κ3) is 5.34. The summed E-state index contributed by atoms with van der Waals surface area (Å²) < 4.78 is 16.7. The van der Waals surface area contributed by atoms with Crippen LogP contribution in [0.4, 0.5) is 4.79 Å². The number of hydrogen-bond donors (Lipinski definition) is 1. The quantitative estimate of drug-likeness (QED) is 0.651. The molecular formula is C11H26N2O4Si. The minimum absolute atomic E-state index is 0.206. The second kappa shape index (κ2) is 9.32. The molecule has 1 N–H and O–H groups in total. The Morgan fingerprint density at radius 2 is 1.33 bits per heavy atom. The van der Waals surface area contributed by atoms with Crippen LogP contribution in [0.5, 0.6) is 0 Å². The highest BCUT2D eigenvalue weighted by Gasteiger charge is 2.45. The van der Waals surface area contributed by atoms with Crippen molar-refractivity contribution in [3.05, 3.63) is 0 Å². The highest BCUT2D eigenvalue weighted by atomic mass is 28.4. The van der Waals surface area contributed by atoms with Gasteiger partial charge in [-0.2, -0.15) is 0 Å². The summed E-state index contributed by atoms with van der Waals surface area (Å²) in [7, 11) is -3.10. The Hall–Kier alpha value is -0.633. The van der Waals surface area contributed by atoms with Crippen LogP contribution in [0.1, 0.15) is 34.6 Å². The normalized spacial score (nSPS) is 11.4. The maximum Gasteiger partial charge on any atom is 0.634 e. The zero-order valence-electron chi connectivity index (χ0n) is 12.1. The van der Waals surface area contributed by atoms with Gasteiger partial charge >= 0.3 is 15.0 Å². The van der Waals surface area contributed by atoms with Crippen molar-refractivity contribution >= 4 is 15.0 Å². The Kier molecular flexibility index (Phi) is 8.99. The molecule has 0 rings (SSSR count). The summed E-state index contributed by atoms with van der Waals surface area (Å²) in [5.74, 6) is 0. The van der Waals surface area contributed by atoms with Crippen molar-refractivity contribution in [2.24, 2.45) is 0 Å². The fourth-order valence-corrected chi connectivity index (χ4v) is 3.55. The second-order valence-corrected chi connectivity index (χ2v) is 5.69.